The van der Waals surface area contributed by atoms with E-state index in [1.165, 1.54) is 0 Å². The van der Waals surface area contributed by atoms with Crippen LogP contribution in [0.15, 0.2) is 41.4 Å². The Morgan fingerprint density at radius 1 is 1.24 bits per heavy atom. The highest BCUT2D eigenvalue weighted by Crippen LogP contribution is 2.34. The van der Waals surface area contributed by atoms with Gasteiger partial charge in [-0.2, -0.15) is 0 Å². The van der Waals surface area contributed by atoms with Crippen LogP contribution in [0.4, 0.5) is 5.69 Å². The van der Waals surface area contributed by atoms with Crippen LogP contribution < -0.4 is 14.2 Å². The molecule has 0 aromatic heterocycles. The Morgan fingerprint density at radius 3 is 2.56 bits per heavy atom. The molecule has 0 unspecified atom stereocenters. The Hall–Kier alpha value is -2.29. The van der Waals surface area contributed by atoms with Crippen molar-refractivity contribution in [3.63, 3.8) is 0 Å². The zero-order valence-electron chi connectivity index (χ0n) is 13.9. The average Bonchev–Trinajstić information content (AvgIpc) is 2.59. The van der Waals surface area contributed by atoms with Crippen molar-refractivity contribution >= 4 is 40.5 Å². The number of aliphatic imine (C=N–C) groups is 1. The van der Waals surface area contributed by atoms with Gasteiger partial charge in [0.05, 0.1) is 23.0 Å². The molecule has 0 heterocycles. The monoisotopic (exact) mass is 455 g/mol. The van der Waals surface area contributed by atoms with E-state index in [2.05, 4.69) is 27.6 Å². The number of nitrogens with zero attached hydrogens (tertiary/aromatic N) is 1. The minimum absolute atomic E-state index is 0.421. The van der Waals surface area contributed by atoms with Gasteiger partial charge in [0, 0.05) is 6.21 Å². The van der Waals surface area contributed by atoms with Gasteiger partial charge in [-0.15, -0.1) is 0 Å². The predicted octanol–water partition coefficient (Wildman–Crippen LogP) is 3.91. The molecule has 0 aliphatic carbocycles. The van der Waals surface area contributed by atoms with Gasteiger partial charge in [0.1, 0.15) is 5.75 Å². The third-order valence-corrected chi connectivity index (χ3v) is 3.91. The van der Waals surface area contributed by atoms with Gasteiger partial charge in [-0.1, -0.05) is 0 Å². The normalized spacial score (nSPS) is 10.7. The highest BCUT2D eigenvalue weighted by Gasteiger charge is 2.13. The summed E-state index contributed by atoms with van der Waals surface area (Å²) in [4.78, 5) is 15.2. The molecule has 1 N–H and O–H groups in total. The van der Waals surface area contributed by atoms with Crippen LogP contribution in [0.25, 0.3) is 0 Å². The molecule has 0 aliphatic heterocycles. The number of aliphatic carboxylic acids is 1. The largest absolute Gasteiger partial charge is 0.497 e. The summed E-state index contributed by atoms with van der Waals surface area (Å²) in [5.74, 6) is 0.647. The fourth-order valence-corrected chi connectivity index (χ4v) is 2.80. The molecule has 7 heteroatoms. The van der Waals surface area contributed by atoms with E-state index in [4.69, 9.17) is 19.3 Å². The van der Waals surface area contributed by atoms with Crippen molar-refractivity contribution in [2.45, 2.75) is 6.92 Å². The molecule has 0 bridgehead atoms. The first kappa shape index (κ1) is 19.0. The van der Waals surface area contributed by atoms with Crippen LogP contribution in [-0.2, 0) is 4.79 Å². The number of carboxylic acid groups (broad SMARTS) is 1. The van der Waals surface area contributed by atoms with Crippen LogP contribution in [0.5, 0.6) is 17.2 Å². The van der Waals surface area contributed by atoms with E-state index in [0.717, 1.165) is 20.6 Å². The fraction of sp³-hybridized carbons (Fsp3) is 0.222. The Morgan fingerprint density at radius 2 is 1.96 bits per heavy atom. The van der Waals surface area contributed by atoms with Gasteiger partial charge < -0.3 is 19.3 Å². The van der Waals surface area contributed by atoms with E-state index in [1.54, 1.807) is 19.4 Å². The first-order valence-corrected chi connectivity index (χ1v) is 8.60. The molecule has 2 aromatic carbocycles. The number of methoxy groups -OCH3 is 1. The summed E-state index contributed by atoms with van der Waals surface area (Å²) in [6.07, 6.45) is 1.72. The molecule has 0 radical (unpaired) electrons. The average molecular weight is 455 g/mol. The van der Waals surface area contributed by atoms with E-state index in [1.807, 2.05) is 37.3 Å². The topological polar surface area (TPSA) is 77.3 Å². The van der Waals surface area contributed by atoms with E-state index in [0.29, 0.717) is 18.1 Å². The maximum atomic E-state index is 10.7. The van der Waals surface area contributed by atoms with Gasteiger partial charge in [0.25, 0.3) is 0 Å². The number of rotatable bonds is 8. The molecular weight excluding hydrogens is 437 g/mol. The zero-order chi connectivity index (χ0) is 18.2. The molecule has 25 heavy (non-hydrogen) atoms. The molecule has 0 fully saturated rings. The van der Waals surface area contributed by atoms with Crippen molar-refractivity contribution < 1.29 is 24.1 Å². The smallest absolute Gasteiger partial charge is 0.341 e. The summed E-state index contributed by atoms with van der Waals surface area (Å²) in [5.41, 5.74) is 1.62. The molecule has 0 saturated heterocycles. The molecule has 0 atom stereocenters. The molecule has 0 aliphatic rings. The van der Waals surface area contributed by atoms with Crippen molar-refractivity contribution in [1.29, 1.82) is 0 Å². The molecular formula is C18H18INO5. The van der Waals surface area contributed by atoms with Gasteiger partial charge in [0.15, 0.2) is 18.1 Å². The van der Waals surface area contributed by atoms with Gasteiger partial charge in [0.2, 0.25) is 0 Å². The van der Waals surface area contributed by atoms with Crippen LogP contribution in [0.3, 0.4) is 0 Å². The highest BCUT2D eigenvalue weighted by molar-refractivity contribution is 14.1. The number of hydrogen-bond donors (Lipinski definition) is 1. The van der Waals surface area contributed by atoms with E-state index in [-0.39, 0.29) is 0 Å². The quantitative estimate of drug-likeness (QED) is 0.483. The first-order valence-electron chi connectivity index (χ1n) is 7.52. The van der Waals surface area contributed by atoms with Crippen molar-refractivity contribution in [2.24, 2.45) is 4.99 Å². The lowest BCUT2D eigenvalue weighted by molar-refractivity contribution is -0.139. The number of benzene rings is 2. The van der Waals surface area contributed by atoms with Gasteiger partial charge in [-0.05, 0) is 71.5 Å². The molecule has 132 valence electrons. The zero-order valence-corrected chi connectivity index (χ0v) is 16.0. The SMILES string of the molecule is CCOc1cc(C=Nc2ccc(OC)cc2)cc(I)c1OCC(=O)O. The van der Waals surface area contributed by atoms with E-state index < -0.39 is 12.6 Å². The Bertz CT molecular complexity index is 759. The van der Waals surface area contributed by atoms with Gasteiger partial charge >= 0.3 is 5.97 Å². The van der Waals surface area contributed by atoms with Gasteiger partial charge in [-0.3, -0.25) is 4.99 Å². The minimum Gasteiger partial charge on any atom is -0.497 e. The second kappa shape index (κ2) is 9.26. The summed E-state index contributed by atoms with van der Waals surface area (Å²) in [7, 11) is 1.61. The Labute approximate surface area is 159 Å². The lowest BCUT2D eigenvalue weighted by atomic mass is 10.2. The Balaban J connectivity index is 2.25. The van der Waals surface area contributed by atoms with Crippen LogP contribution in [-0.4, -0.2) is 37.6 Å². The molecule has 0 spiro atoms. The molecule has 0 amide bonds. The number of carbonyl (C=O) groups is 1. The lowest BCUT2D eigenvalue weighted by Gasteiger charge is -2.13. The van der Waals surface area contributed by atoms with Crippen LogP contribution in [0, 0.1) is 3.57 Å². The standard InChI is InChI=1S/C18H18INO5/c1-3-24-16-9-12(8-15(19)18(16)25-11-17(21)22)10-20-13-4-6-14(23-2)7-5-13/h4-10H,3,11H2,1-2H3,(H,21,22). The predicted molar refractivity (Wildman–Crippen MR) is 104 cm³/mol. The third-order valence-electron chi connectivity index (χ3n) is 3.11. The number of ether oxygens (including phenoxy) is 3. The summed E-state index contributed by atoms with van der Waals surface area (Å²) >= 11 is 2.09. The van der Waals surface area contributed by atoms with Crippen molar-refractivity contribution in [3.8, 4) is 17.2 Å². The molecule has 2 rings (SSSR count). The fourth-order valence-electron chi connectivity index (χ4n) is 2.02. The molecule has 6 nitrogen and oxygen atoms in total. The maximum Gasteiger partial charge on any atom is 0.341 e. The first-order chi connectivity index (χ1) is 12.0. The Kier molecular flexibility index (Phi) is 7.05. The summed E-state index contributed by atoms with van der Waals surface area (Å²) in [5, 5.41) is 8.79. The molecule has 0 saturated carbocycles. The highest BCUT2D eigenvalue weighted by atomic mass is 127. The second-order valence-corrected chi connectivity index (χ2v) is 6.06. The van der Waals surface area contributed by atoms with Crippen LogP contribution in [0.2, 0.25) is 0 Å². The van der Waals surface area contributed by atoms with E-state index >= 15 is 0 Å². The van der Waals surface area contributed by atoms with Crippen molar-refractivity contribution in [3.05, 3.63) is 45.5 Å². The summed E-state index contributed by atoms with van der Waals surface area (Å²) < 4.78 is 16.8. The van der Waals surface area contributed by atoms with Crippen molar-refractivity contribution in [1.82, 2.24) is 0 Å². The van der Waals surface area contributed by atoms with Crippen LogP contribution >= 0.6 is 22.6 Å². The second-order valence-electron chi connectivity index (χ2n) is 4.90. The summed E-state index contributed by atoms with van der Waals surface area (Å²) in [6, 6.07) is 11.0. The lowest BCUT2D eigenvalue weighted by Crippen LogP contribution is -2.11. The third kappa shape index (κ3) is 5.63. The summed E-state index contributed by atoms with van der Waals surface area (Å²) in [6.45, 7) is 1.87. The maximum absolute atomic E-state index is 10.7. The number of hydrogen-bond acceptors (Lipinski definition) is 5. The minimum atomic E-state index is -1.04. The van der Waals surface area contributed by atoms with Gasteiger partial charge in [-0.25, -0.2) is 4.79 Å². The van der Waals surface area contributed by atoms with E-state index in [9.17, 15) is 4.79 Å². The number of carboxylic acids is 1. The molecule has 2 aromatic rings. The number of halogens is 1. The van der Waals surface area contributed by atoms with Crippen molar-refractivity contribution in [2.75, 3.05) is 20.3 Å². The van der Waals surface area contributed by atoms with Crippen LogP contribution in [0.1, 0.15) is 12.5 Å².